The molecule has 0 unspecified atom stereocenters. The molecule has 3 aromatic rings. The van der Waals surface area contributed by atoms with E-state index in [1.54, 1.807) is 22.7 Å². The summed E-state index contributed by atoms with van der Waals surface area (Å²) in [4.78, 5) is 15.2. The molecule has 9 heteroatoms. The van der Waals surface area contributed by atoms with E-state index >= 15 is 0 Å². The largest absolute Gasteiger partial charge is 0.353 e. The molecule has 6 nitrogen and oxygen atoms in total. The Bertz CT molecular complexity index is 1050. The molecule has 0 aromatic carbocycles. The van der Waals surface area contributed by atoms with Crippen LogP contribution in [0, 0.1) is 13.8 Å². The van der Waals surface area contributed by atoms with E-state index in [4.69, 9.17) is 9.97 Å². The van der Waals surface area contributed by atoms with Gasteiger partial charge in [0, 0.05) is 31.1 Å². The molecule has 3 aromatic heterocycles. The molecule has 1 aliphatic heterocycles. The van der Waals surface area contributed by atoms with Crippen LogP contribution in [0.5, 0.6) is 0 Å². The second-order valence-corrected chi connectivity index (χ2v) is 10.6. The van der Waals surface area contributed by atoms with E-state index in [2.05, 4.69) is 18.7 Å². The van der Waals surface area contributed by atoms with Gasteiger partial charge in [-0.15, -0.1) is 22.7 Å². The predicted molar refractivity (Wildman–Crippen MR) is 109 cm³/mol. The summed E-state index contributed by atoms with van der Waals surface area (Å²) in [5.74, 6) is 1.67. The molecule has 0 radical (unpaired) electrons. The van der Waals surface area contributed by atoms with Crippen molar-refractivity contribution in [2.24, 2.45) is 0 Å². The number of hydrogen-bond acceptors (Lipinski definition) is 7. The van der Waals surface area contributed by atoms with Crippen LogP contribution in [0.2, 0.25) is 0 Å². The average molecular weight is 409 g/mol. The minimum atomic E-state index is -3.14. The Morgan fingerprint density at radius 2 is 1.85 bits per heavy atom. The van der Waals surface area contributed by atoms with Gasteiger partial charge in [0.1, 0.15) is 10.6 Å². The molecule has 138 valence electrons. The zero-order valence-electron chi connectivity index (χ0n) is 14.9. The van der Waals surface area contributed by atoms with E-state index in [9.17, 15) is 8.42 Å². The number of anilines is 1. The highest BCUT2D eigenvalue weighted by molar-refractivity contribution is 7.88. The average Bonchev–Trinajstić information content (AvgIpc) is 3.23. The fourth-order valence-electron chi connectivity index (χ4n) is 3.20. The zero-order chi connectivity index (χ0) is 18.5. The first-order valence-electron chi connectivity index (χ1n) is 8.36. The van der Waals surface area contributed by atoms with Gasteiger partial charge in [0.25, 0.3) is 0 Å². The Morgan fingerprint density at radius 1 is 1.12 bits per heavy atom. The summed E-state index contributed by atoms with van der Waals surface area (Å²) in [5, 5.41) is 3.12. The Kier molecular flexibility index (Phi) is 4.50. The van der Waals surface area contributed by atoms with Crippen LogP contribution in [-0.4, -0.2) is 55.1 Å². The first-order chi connectivity index (χ1) is 12.3. The normalized spacial score (nSPS) is 16.5. The Balaban J connectivity index is 1.78. The molecular formula is C17H20N4O2S3. The summed E-state index contributed by atoms with van der Waals surface area (Å²) in [5.41, 5.74) is 1.21. The lowest BCUT2D eigenvalue weighted by atomic mass is 10.2. The first kappa shape index (κ1) is 17.8. The topological polar surface area (TPSA) is 66.4 Å². The van der Waals surface area contributed by atoms with Crippen LogP contribution in [0.3, 0.4) is 0 Å². The van der Waals surface area contributed by atoms with Gasteiger partial charge in [-0.05, 0) is 30.9 Å². The molecule has 0 aliphatic carbocycles. The lowest BCUT2D eigenvalue weighted by molar-refractivity contribution is 0.387. The van der Waals surface area contributed by atoms with Gasteiger partial charge in [0.2, 0.25) is 10.0 Å². The molecule has 0 bridgehead atoms. The number of nitrogens with zero attached hydrogens (tertiary/aromatic N) is 4. The zero-order valence-corrected chi connectivity index (χ0v) is 17.3. The van der Waals surface area contributed by atoms with Crippen molar-refractivity contribution in [3.63, 3.8) is 0 Å². The molecule has 1 aliphatic rings. The van der Waals surface area contributed by atoms with Crippen molar-refractivity contribution >= 4 is 48.7 Å². The van der Waals surface area contributed by atoms with E-state index in [1.807, 2.05) is 17.5 Å². The van der Waals surface area contributed by atoms with Crippen molar-refractivity contribution in [3.05, 3.63) is 28.0 Å². The van der Waals surface area contributed by atoms with E-state index in [0.29, 0.717) is 26.2 Å². The molecular weight excluding hydrogens is 388 g/mol. The second kappa shape index (κ2) is 6.56. The van der Waals surface area contributed by atoms with Crippen LogP contribution in [0.15, 0.2) is 17.5 Å². The SMILES string of the molecule is Cc1sc2nc(-c3cccs3)nc(N3CCN(S(C)(=O)=O)CC3)c2c1C. The first-order valence-corrected chi connectivity index (χ1v) is 11.9. The van der Waals surface area contributed by atoms with E-state index in [0.717, 1.165) is 26.7 Å². The number of thiophene rings is 2. The summed E-state index contributed by atoms with van der Waals surface area (Å²) < 4.78 is 25.1. The third-order valence-electron chi connectivity index (χ3n) is 4.76. The van der Waals surface area contributed by atoms with Gasteiger partial charge in [0.05, 0.1) is 16.5 Å². The molecule has 0 saturated carbocycles. The van der Waals surface area contributed by atoms with Crippen LogP contribution in [0.4, 0.5) is 5.82 Å². The number of fused-ring (bicyclic) bond motifs is 1. The summed E-state index contributed by atoms with van der Waals surface area (Å²) in [7, 11) is -3.14. The summed E-state index contributed by atoms with van der Waals surface area (Å²) in [6, 6.07) is 4.04. The van der Waals surface area contributed by atoms with Crippen LogP contribution in [0.25, 0.3) is 20.9 Å². The summed E-state index contributed by atoms with van der Waals surface area (Å²) >= 11 is 3.32. The number of piperazine rings is 1. The molecule has 0 N–H and O–H groups in total. The molecule has 1 fully saturated rings. The summed E-state index contributed by atoms with van der Waals surface area (Å²) in [6.07, 6.45) is 1.27. The van der Waals surface area contributed by atoms with Gasteiger partial charge < -0.3 is 4.90 Å². The maximum Gasteiger partial charge on any atom is 0.211 e. The maximum absolute atomic E-state index is 11.8. The molecule has 4 rings (SSSR count). The Morgan fingerprint density at radius 3 is 2.46 bits per heavy atom. The molecule has 1 saturated heterocycles. The van der Waals surface area contributed by atoms with Gasteiger partial charge in [-0.2, -0.15) is 4.31 Å². The van der Waals surface area contributed by atoms with Crippen LogP contribution >= 0.6 is 22.7 Å². The van der Waals surface area contributed by atoms with E-state index in [-0.39, 0.29) is 0 Å². The standard InChI is InChI=1S/C17H20N4O2S3/c1-11-12(2)25-17-14(11)16(18-15(19-17)13-5-4-10-24-13)20-6-8-21(9-7-20)26(3,22)23/h4-5,10H,6-9H2,1-3H3. The van der Waals surface area contributed by atoms with Gasteiger partial charge in [-0.25, -0.2) is 18.4 Å². The predicted octanol–water partition coefficient (Wildman–Crippen LogP) is 3.12. The molecule has 26 heavy (non-hydrogen) atoms. The van der Waals surface area contributed by atoms with E-state index in [1.165, 1.54) is 21.0 Å². The van der Waals surface area contributed by atoms with Crippen molar-refractivity contribution in [1.29, 1.82) is 0 Å². The molecule has 4 heterocycles. The number of aryl methyl sites for hydroxylation is 2. The quantitative estimate of drug-likeness (QED) is 0.666. The lowest BCUT2D eigenvalue weighted by Gasteiger charge is -2.34. The van der Waals surface area contributed by atoms with Crippen molar-refractivity contribution in [1.82, 2.24) is 14.3 Å². The number of rotatable bonds is 3. The highest BCUT2D eigenvalue weighted by Crippen LogP contribution is 2.37. The van der Waals surface area contributed by atoms with Crippen LogP contribution in [-0.2, 0) is 10.0 Å². The minimum Gasteiger partial charge on any atom is -0.353 e. The smallest absolute Gasteiger partial charge is 0.211 e. The highest BCUT2D eigenvalue weighted by Gasteiger charge is 2.27. The molecule has 0 atom stereocenters. The maximum atomic E-state index is 11.8. The number of sulfonamides is 1. The van der Waals surface area contributed by atoms with Crippen LogP contribution < -0.4 is 4.90 Å². The highest BCUT2D eigenvalue weighted by atomic mass is 32.2. The van der Waals surface area contributed by atoms with Gasteiger partial charge in [-0.1, -0.05) is 6.07 Å². The molecule has 0 spiro atoms. The summed E-state index contributed by atoms with van der Waals surface area (Å²) in [6.45, 7) is 6.47. The fourth-order valence-corrected chi connectivity index (χ4v) is 5.71. The fraction of sp³-hybridized carbons (Fsp3) is 0.412. The number of aromatic nitrogens is 2. The Labute approximate surface area is 161 Å². The van der Waals surface area contributed by atoms with Crippen molar-refractivity contribution < 1.29 is 8.42 Å². The van der Waals surface area contributed by atoms with Crippen molar-refractivity contribution in [2.45, 2.75) is 13.8 Å². The van der Waals surface area contributed by atoms with Gasteiger partial charge in [-0.3, -0.25) is 0 Å². The third kappa shape index (κ3) is 3.13. The monoisotopic (exact) mass is 408 g/mol. The minimum absolute atomic E-state index is 0.487. The second-order valence-electron chi connectivity index (χ2n) is 6.46. The van der Waals surface area contributed by atoms with E-state index < -0.39 is 10.0 Å². The van der Waals surface area contributed by atoms with Crippen molar-refractivity contribution in [3.8, 4) is 10.7 Å². The Hall–Kier alpha value is -1.55. The lowest BCUT2D eigenvalue weighted by Crippen LogP contribution is -2.48. The third-order valence-corrected chi connectivity index (χ3v) is 8.03. The number of hydrogen-bond donors (Lipinski definition) is 0. The molecule has 0 amide bonds. The van der Waals surface area contributed by atoms with Crippen molar-refractivity contribution in [2.75, 3.05) is 37.3 Å². The van der Waals surface area contributed by atoms with Crippen LogP contribution in [0.1, 0.15) is 10.4 Å². The van der Waals surface area contributed by atoms with Gasteiger partial charge in [0.15, 0.2) is 5.82 Å². The van der Waals surface area contributed by atoms with Gasteiger partial charge >= 0.3 is 0 Å².